The van der Waals surface area contributed by atoms with Crippen molar-refractivity contribution in [1.29, 1.82) is 5.26 Å². The number of benzene rings is 1. The molecule has 1 aromatic rings. The summed E-state index contributed by atoms with van der Waals surface area (Å²) < 4.78 is 18.3. The highest BCUT2D eigenvalue weighted by Crippen LogP contribution is 2.25. The van der Waals surface area contributed by atoms with Crippen LogP contribution >= 0.6 is 0 Å². The van der Waals surface area contributed by atoms with Crippen LogP contribution in [0.2, 0.25) is 0 Å². The average molecular weight is 234 g/mol. The van der Waals surface area contributed by atoms with Crippen molar-refractivity contribution in [2.75, 3.05) is 26.3 Å². The van der Waals surface area contributed by atoms with E-state index in [2.05, 4.69) is 11.4 Å². The van der Waals surface area contributed by atoms with Gasteiger partial charge < -0.3 is 10.1 Å². The standard InChI is InChI=1S/C13H15FN2O/c14-12-4-2-1-3-11(12)5-6-16-8-13(7-15)9-17-10-13/h1-4,16H,5-6,8-10H2. The van der Waals surface area contributed by atoms with Crippen molar-refractivity contribution in [3.05, 3.63) is 35.6 Å². The van der Waals surface area contributed by atoms with Gasteiger partial charge in [-0.1, -0.05) is 18.2 Å². The van der Waals surface area contributed by atoms with E-state index in [-0.39, 0.29) is 11.2 Å². The van der Waals surface area contributed by atoms with Gasteiger partial charge in [0, 0.05) is 6.54 Å². The van der Waals surface area contributed by atoms with E-state index in [9.17, 15) is 4.39 Å². The molecule has 3 nitrogen and oxygen atoms in total. The minimum atomic E-state index is -0.366. The molecule has 0 radical (unpaired) electrons. The van der Waals surface area contributed by atoms with Gasteiger partial charge in [-0.3, -0.25) is 0 Å². The number of nitrogens with zero attached hydrogens (tertiary/aromatic N) is 1. The first kappa shape index (κ1) is 12.0. The van der Waals surface area contributed by atoms with Crippen molar-refractivity contribution in [2.45, 2.75) is 6.42 Å². The Bertz CT molecular complexity index is 424. The predicted octanol–water partition coefficient (Wildman–Crippen LogP) is 1.50. The fourth-order valence-electron chi connectivity index (χ4n) is 1.81. The Morgan fingerprint density at radius 2 is 2.18 bits per heavy atom. The Morgan fingerprint density at radius 1 is 1.41 bits per heavy atom. The molecular weight excluding hydrogens is 219 g/mol. The summed E-state index contributed by atoms with van der Waals surface area (Å²) in [6.45, 7) is 2.27. The number of rotatable bonds is 5. The molecule has 0 aromatic heterocycles. The van der Waals surface area contributed by atoms with Gasteiger partial charge in [-0.2, -0.15) is 5.26 Å². The third-order valence-electron chi connectivity index (χ3n) is 2.99. The molecule has 1 aliphatic rings. The molecule has 1 fully saturated rings. The Hall–Kier alpha value is -1.44. The SMILES string of the molecule is N#CC1(CNCCc2ccccc2F)COC1. The zero-order valence-electron chi connectivity index (χ0n) is 9.58. The largest absolute Gasteiger partial charge is 0.378 e. The van der Waals surface area contributed by atoms with E-state index in [1.807, 2.05) is 6.07 Å². The number of hydrogen-bond donors (Lipinski definition) is 1. The second-order valence-electron chi connectivity index (χ2n) is 4.40. The maximum atomic E-state index is 13.3. The van der Waals surface area contributed by atoms with Crippen LogP contribution in [0.15, 0.2) is 24.3 Å². The lowest BCUT2D eigenvalue weighted by atomic mass is 9.88. The maximum Gasteiger partial charge on any atom is 0.126 e. The summed E-state index contributed by atoms with van der Waals surface area (Å²) >= 11 is 0. The molecule has 0 atom stereocenters. The van der Waals surface area contributed by atoms with Crippen molar-refractivity contribution in [3.63, 3.8) is 0 Å². The van der Waals surface area contributed by atoms with Crippen LogP contribution in [-0.2, 0) is 11.2 Å². The lowest BCUT2D eigenvalue weighted by Gasteiger charge is -2.35. The molecule has 90 valence electrons. The molecule has 0 amide bonds. The van der Waals surface area contributed by atoms with Crippen molar-refractivity contribution >= 4 is 0 Å². The van der Waals surface area contributed by atoms with Gasteiger partial charge in [-0.15, -0.1) is 0 Å². The van der Waals surface area contributed by atoms with Crippen LogP contribution in [0.3, 0.4) is 0 Å². The van der Waals surface area contributed by atoms with E-state index in [0.717, 1.165) is 0 Å². The second kappa shape index (κ2) is 5.26. The lowest BCUT2D eigenvalue weighted by molar-refractivity contribution is -0.0752. The third kappa shape index (κ3) is 2.82. The van der Waals surface area contributed by atoms with Crippen LogP contribution in [0, 0.1) is 22.6 Å². The number of halogens is 1. The summed E-state index contributed by atoms with van der Waals surface area (Å²) in [5, 5.41) is 12.2. The van der Waals surface area contributed by atoms with Crippen molar-refractivity contribution in [2.24, 2.45) is 5.41 Å². The summed E-state index contributed by atoms with van der Waals surface area (Å²) in [5.74, 6) is -0.170. The fraction of sp³-hybridized carbons (Fsp3) is 0.462. The van der Waals surface area contributed by atoms with Gasteiger partial charge in [0.15, 0.2) is 0 Å². The quantitative estimate of drug-likeness (QED) is 0.785. The van der Waals surface area contributed by atoms with Gasteiger partial charge in [0.25, 0.3) is 0 Å². The predicted molar refractivity (Wildman–Crippen MR) is 61.8 cm³/mol. The first-order valence-electron chi connectivity index (χ1n) is 5.69. The van der Waals surface area contributed by atoms with Crippen LogP contribution in [0.25, 0.3) is 0 Å². The Kier molecular flexibility index (Phi) is 3.72. The Balaban J connectivity index is 1.74. The zero-order valence-corrected chi connectivity index (χ0v) is 9.58. The van der Waals surface area contributed by atoms with Crippen LogP contribution in [0.1, 0.15) is 5.56 Å². The molecule has 1 saturated heterocycles. The highest BCUT2D eigenvalue weighted by atomic mass is 19.1. The van der Waals surface area contributed by atoms with Crippen LogP contribution < -0.4 is 5.32 Å². The average Bonchev–Trinajstić information content (AvgIpc) is 2.29. The first-order valence-corrected chi connectivity index (χ1v) is 5.69. The molecule has 1 heterocycles. The molecule has 1 N–H and O–H groups in total. The molecule has 2 rings (SSSR count). The molecule has 1 aromatic carbocycles. The summed E-state index contributed by atoms with van der Waals surface area (Å²) in [6, 6.07) is 9.02. The van der Waals surface area contributed by atoms with Gasteiger partial charge in [0.05, 0.1) is 19.3 Å². The number of nitriles is 1. The topological polar surface area (TPSA) is 45.0 Å². The van der Waals surface area contributed by atoms with Gasteiger partial charge in [-0.05, 0) is 24.6 Å². The molecule has 4 heteroatoms. The molecule has 1 aliphatic heterocycles. The fourth-order valence-corrected chi connectivity index (χ4v) is 1.81. The molecule has 0 unspecified atom stereocenters. The summed E-state index contributed by atoms with van der Waals surface area (Å²) in [4.78, 5) is 0. The highest BCUT2D eigenvalue weighted by Gasteiger charge is 2.38. The van der Waals surface area contributed by atoms with Gasteiger partial charge in [0.1, 0.15) is 11.2 Å². The Morgan fingerprint density at radius 3 is 2.76 bits per heavy atom. The number of nitrogens with one attached hydrogen (secondary N) is 1. The minimum absolute atomic E-state index is 0.170. The second-order valence-corrected chi connectivity index (χ2v) is 4.40. The van der Waals surface area contributed by atoms with Crippen LogP contribution in [0.5, 0.6) is 0 Å². The molecule has 0 spiro atoms. The van der Waals surface area contributed by atoms with Crippen LogP contribution in [0.4, 0.5) is 4.39 Å². The van der Waals surface area contributed by atoms with E-state index >= 15 is 0 Å². The number of hydrogen-bond acceptors (Lipinski definition) is 3. The summed E-state index contributed by atoms with van der Waals surface area (Å²) in [6.07, 6.45) is 0.634. The number of ether oxygens (including phenoxy) is 1. The molecule has 17 heavy (non-hydrogen) atoms. The van der Waals surface area contributed by atoms with Crippen molar-refractivity contribution < 1.29 is 9.13 Å². The Labute approximate surface area is 100 Å². The van der Waals surface area contributed by atoms with Gasteiger partial charge in [0.2, 0.25) is 0 Å². The normalized spacial score (nSPS) is 17.2. The molecule has 0 bridgehead atoms. The summed E-state index contributed by atoms with van der Waals surface area (Å²) in [7, 11) is 0. The van der Waals surface area contributed by atoms with Crippen molar-refractivity contribution in [1.82, 2.24) is 5.32 Å². The van der Waals surface area contributed by atoms with E-state index in [1.165, 1.54) is 6.07 Å². The highest BCUT2D eigenvalue weighted by molar-refractivity contribution is 5.17. The molecule has 0 saturated carbocycles. The van der Waals surface area contributed by atoms with Crippen molar-refractivity contribution in [3.8, 4) is 6.07 Å². The smallest absolute Gasteiger partial charge is 0.126 e. The van der Waals surface area contributed by atoms with E-state index in [0.29, 0.717) is 38.3 Å². The minimum Gasteiger partial charge on any atom is -0.378 e. The van der Waals surface area contributed by atoms with E-state index < -0.39 is 0 Å². The van der Waals surface area contributed by atoms with E-state index in [4.69, 9.17) is 10.00 Å². The van der Waals surface area contributed by atoms with Gasteiger partial charge >= 0.3 is 0 Å². The van der Waals surface area contributed by atoms with Crippen LogP contribution in [-0.4, -0.2) is 26.3 Å². The molecule has 0 aliphatic carbocycles. The monoisotopic (exact) mass is 234 g/mol. The summed E-state index contributed by atoms with van der Waals surface area (Å²) in [5.41, 5.74) is 0.339. The molecular formula is C13H15FN2O. The zero-order chi connectivity index (χ0) is 12.1. The first-order chi connectivity index (χ1) is 8.26. The lowest BCUT2D eigenvalue weighted by Crippen LogP contribution is -2.48. The third-order valence-corrected chi connectivity index (χ3v) is 2.99. The maximum absolute atomic E-state index is 13.3. The van der Waals surface area contributed by atoms with Gasteiger partial charge in [-0.25, -0.2) is 4.39 Å². The van der Waals surface area contributed by atoms with E-state index in [1.54, 1.807) is 12.1 Å².